The molecule has 2 unspecified atom stereocenters. The van der Waals surface area contributed by atoms with Crippen LogP contribution in [0.2, 0.25) is 0 Å². The SMILES string of the molecule is COc1ccc(CC(CC(C)OC)C(=O)O)cc1. The number of methoxy groups -OCH3 is 2. The van der Waals surface area contributed by atoms with Gasteiger partial charge in [0.2, 0.25) is 0 Å². The molecule has 0 radical (unpaired) electrons. The second kappa shape index (κ2) is 7.01. The largest absolute Gasteiger partial charge is 0.497 e. The summed E-state index contributed by atoms with van der Waals surface area (Å²) < 4.78 is 10.2. The van der Waals surface area contributed by atoms with E-state index >= 15 is 0 Å². The molecule has 4 nitrogen and oxygen atoms in total. The fourth-order valence-electron chi connectivity index (χ4n) is 1.81. The minimum atomic E-state index is -0.783. The standard InChI is InChI=1S/C14H20O4/c1-10(17-2)8-12(14(15)16)9-11-4-6-13(18-3)7-5-11/h4-7,10,12H,8-9H2,1-3H3,(H,15,16). The number of rotatable bonds is 7. The lowest BCUT2D eigenvalue weighted by Crippen LogP contribution is -2.22. The maximum Gasteiger partial charge on any atom is 0.306 e. The van der Waals surface area contributed by atoms with Gasteiger partial charge in [-0.15, -0.1) is 0 Å². The van der Waals surface area contributed by atoms with E-state index in [2.05, 4.69) is 0 Å². The molecule has 1 rings (SSSR count). The van der Waals surface area contributed by atoms with Crippen LogP contribution in [0.25, 0.3) is 0 Å². The van der Waals surface area contributed by atoms with Crippen LogP contribution >= 0.6 is 0 Å². The van der Waals surface area contributed by atoms with Crippen LogP contribution in [-0.4, -0.2) is 31.4 Å². The van der Waals surface area contributed by atoms with Gasteiger partial charge in [-0.1, -0.05) is 12.1 Å². The quantitative estimate of drug-likeness (QED) is 0.809. The molecule has 0 amide bonds. The molecule has 1 aromatic carbocycles. The van der Waals surface area contributed by atoms with Gasteiger partial charge in [0.25, 0.3) is 0 Å². The normalized spacial score (nSPS) is 13.9. The van der Waals surface area contributed by atoms with Crippen molar-refractivity contribution < 1.29 is 19.4 Å². The molecule has 2 atom stereocenters. The predicted molar refractivity (Wildman–Crippen MR) is 68.9 cm³/mol. The third-order valence-corrected chi connectivity index (χ3v) is 3.01. The molecule has 0 aliphatic rings. The number of aliphatic carboxylic acids is 1. The molecule has 0 bridgehead atoms. The summed E-state index contributed by atoms with van der Waals surface area (Å²) in [4.78, 5) is 11.2. The van der Waals surface area contributed by atoms with E-state index in [0.29, 0.717) is 12.8 Å². The molecule has 0 spiro atoms. The van der Waals surface area contributed by atoms with Crippen molar-refractivity contribution in [2.45, 2.75) is 25.9 Å². The average Bonchev–Trinajstić information content (AvgIpc) is 2.38. The van der Waals surface area contributed by atoms with Gasteiger partial charge in [-0.3, -0.25) is 4.79 Å². The molecule has 0 aliphatic heterocycles. The van der Waals surface area contributed by atoms with Gasteiger partial charge in [0.15, 0.2) is 0 Å². The molecule has 0 saturated carbocycles. The fraction of sp³-hybridized carbons (Fsp3) is 0.500. The van der Waals surface area contributed by atoms with Crippen LogP contribution in [0.15, 0.2) is 24.3 Å². The summed E-state index contributed by atoms with van der Waals surface area (Å²) in [5.41, 5.74) is 0.992. The van der Waals surface area contributed by atoms with Crippen LogP contribution in [0.4, 0.5) is 0 Å². The highest BCUT2D eigenvalue weighted by Crippen LogP contribution is 2.18. The van der Waals surface area contributed by atoms with Crippen molar-refractivity contribution in [1.82, 2.24) is 0 Å². The van der Waals surface area contributed by atoms with Crippen molar-refractivity contribution in [3.63, 3.8) is 0 Å². The molecule has 0 fully saturated rings. The Kier molecular flexibility index (Phi) is 5.65. The number of hydrogen-bond donors (Lipinski definition) is 1. The van der Waals surface area contributed by atoms with Crippen LogP contribution in [0.3, 0.4) is 0 Å². The summed E-state index contributed by atoms with van der Waals surface area (Å²) in [6.45, 7) is 1.88. The van der Waals surface area contributed by atoms with Gasteiger partial charge in [-0.2, -0.15) is 0 Å². The van der Waals surface area contributed by atoms with E-state index in [0.717, 1.165) is 11.3 Å². The predicted octanol–water partition coefficient (Wildman–Crippen LogP) is 2.36. The summed E-state index contributed by atoms with van der Waals surface area (Å²) in [5, 5.41) is 9.20. The lowest BCUT2D eigenvalue weighted by atomic mass is 9.94. The first-order valence-electron chi connectivity index (χ1n) is 5.95. The Morgan fingerprint density at radius 2 is 1.89 bits per heavy atom. The van der Waals surface area contributed by atoms with Gasteiger partial charge >= 0.3 is 5.97 Å². The molecule has 0 heterocycles. The number of benzene rings is 1. The number of carbonyl (C=O) groups is 1. The Bertz CT molecular complexity index is 372. The van der Waals surface area contributed by atoms with Gasteiger partial charge in [-0.05, 0) is 37.5 Å². The van der Waals surface area contributed by atoms with Crippen LogP contribution in [-0.2, 0) is 16.0 Å². The van der Waals surface area contributed by atoms with E-state index in [4.69, 9.17) is 9.47 Å². The zero-order valence-corrected chi connectivity index (χ0v) is 11.1. The van der Waals surface area contributed by atoms with Gasteiger partial charge in [0.05, 0.1) is 19.1 Å². The number of carboxylic acid groups (broad SMARTS) is 1. The van der Waals surface area contributed by atoms with Crippen molar-refractivity contribution in [1.29, 1.82) is 0 Å². The first-order valence-corrected chi connectivity index (χ1v) is 5.95. The molecule has 1 aromatic rings. The maximum absolute atomic E-state index is 11.2. The lowest BCUT2D eigenvalue weighted by Gasteiger charge is -2.16. The van der Waals surface area contributed by atoms with Crippen LogP contribution < -0.4 is 4.74 Å². The molecule has 1 N–H and O–H groups in total. The van der Waals surface area contributed by atoms with Crippen molar-refractivity contribution in [3.8, 4) is 5.75 Å². The third kappa shape index (κ3) is 4.37. The van der Waals surface area contributed by atoms with Crippen molar-refractivity contribution in [2.24, 2.45) is 5.92 Å². The Hall–Kier alpha value is -1.55. The van der Waals surface area contributed by atoms with Crippen LogP contribution in [0.5, 0.6) is 5.75 Å². The molecule has 0 saturated heterocycles. The van der Waals surface area contributed by atoms with E-state index in [1.165, 1.54) is 0 Å². The zero-order valence-electron chi connectivity index (χ0n) is 11.1. The second-order valence-electron chi connectivity index (χ2n) is 4.37. The summed E-state index contributed by atoms with van der Waals surface area (Å²) in [7, 11) is 3.20. The highest BCUT2D eigenvalue weighted by atomic mass is 16.5. The Labute approximate surface area is 108 Å². The highest BCUT2D eigenvalue weighted by Gasteiger charge is 2.20. The molecular formula is C14H20O4. The maximum atomic E-state index is 11.2. The zero-order chi connectivity index (χ0) is 13.5. The van der Waals surface area contributed by atoms with Crippen molar-refractivity contribution in [2.75, 3.05) is 14.2 Å². The van der Waals surface area contributed by atoms with E-state index in [1.54, 1.807) is 14.2 Å². The lowest BCUT2D eigenvalue weighted by molar-refractivity contribution is -0.142. The topological polar surface area (TPSA) is 55.8 Å². The van der Waals surface area contributed by atoms with Crippen molar-refractivity contribution in [3.05, 3.63) is 29.8 Å². The molecule has 100 valence electrons. The summed E-state index contributed by atoms with van der Waals surface area (Å²) in [6, 6.07) is 7.47. The number of hydrogen-bond acceptors (Lipinski definition) is 3. The van der Waals surface area contributed by atoms with E-state index in [-0.39, 0.29) is 6.10 Å². The van der Waals surface area contributed by atoms with Crippen LogP contribution in [0, 0.1) is 5.92 Å². The molecular weight excluding hydrogens is 232 g/mol. The Morgan fingerprint density at radius 1 is 1.28 bits per heavy atom. The second-order valence-corrected chi connectivity index (χ2v) is 4.37. The van der Waals surface area contributed by atoms with E-state index < -0.39 is 11.9 Å². The first kappa shape index (κ1) is 14.5. The minimum Gasteiger partial charge on any atom is -0.497 e. The van der Waals surface area contributed by atoms with Gasteiger partial charge in [-0.25, -0.2) is 0 Å². The summed E-state index contributed by atoms with van der Waals surface area (Å²) >= 11 is 0. The molecule has 18 heavy (non-hydrogen) atoms. The number of ether oxygens (including phenoxy) is 2. The van der Waals surface area contributed by atoms with Gasteiger partial charge < -0.3 is 14.6 Å². The fourth-order valence-corrected chi connectivity index (χ4v) is 1.81. The van der Waals surface area contributed by atoms with E-state index in [1.807, 2.05) is 31.2 Å². The minimum absolute atomic E-state index is 0.0515. The first-order chi connectivity index (χ1) is 8.56. The van der Waals surface area contributed by atoms with E-state index in [9.17, 15) is 9.90 Å². The third-order valence-electron chi connectivity index (χ3n) is 3.01. The molecule has 0 aliphatic carbocycles. The molecule has 0 aromatic heterocycles. The average molecular weight is 252 g/mol. The monoisotopic (exact) mass is 252 g/mol. The molecule has 4 heteroatoms. The smallest absolute Gasteiger partial charge is 0.306 e. The van der Waals surface area contributed by atoms with Crippen molar-refractivity contribution >= 4 is 5.97 Å². The van der Waals surface area contributed by atoms with Gasteiger partial charge in [0, 0.05) is 7.11 Å². The number of carboxylic acids is 1. The Balaban J connectivity index is 2.67. The van der Waals surface area contributed by atoms with Crippen LogP contribution in [0.1, 0.15) is 18.9 Å². The Morgan fingerprint density at radius 3 is 2.33 bits per heavy atom. The summed E-state index contributed by atoms with van der Waals surface area (Å²) in [6.07, 6.45) is 0.967. The highest BCUT2D eigenvalue weighted by molar-refractivity contribution is 5.70. The summed E-state index contributed by atoms with van der Waals surface area (Å²) in [5.74, 6) is -0.432. The van der Waals surface area contributed by atoms with Gasteiger partial charge in [0.1, 0.15) is 5.75 Å².